The summed E-state index contributed by atoms with van der Waals surface area (Å²) >= 11 is 0. The number of fused-ring (bicyclic) bond motifs is 2. The summed E-state index contributed by atoms with van der Waals surface area (Å²) in [5.74, 6) is 0.815. The topological polar surface area (TPSA) is 30.5 Å². The Morgan fingerprint density at radius 3 is 3.08 bits per heavy atom. The van der Waals surface area contributed by atoms with Crippen molar-refractivity contribution in [3.63, 3.8) is 0 Å². The van der Waals surface area contributed by atoms with Crippen LogP contribution in [0.5, 0.6) is 5.75 Å². The zero-order chi connectivity index (χ0) is 9.10. The Bertz CT molecular complexity index is 277. The molecule has 0 radical (unpaired) electrons. The average molecular weight is 179 g/mol. The molecule has 2 rings (SSSR count). The van der Waals surface area contributed by atoms with Crippen LogP contribution in [0.3, 0.4) is 0 Å². The van der Waals surface area contributed by atoms with Crippen LogP contribution >= 0.6 is 0 Å². The van der Waals surface area contributed by atoms with Crippen LogP contribution in [-0.4, -0.2) is 13.6 Å². The third-order valence-electron chi connectivity index (χ3n) is 2.07. The van der Waals surface area contributed by atoms with Crippen LogP contribution in [0.2, 0.25) is 0 Å². The molecule has 1 aromatic rings. The van der Waals surface area contributed by atoms with Gasteiger partial charge in [-0.15, -0.1) is 0 Å². The van der Waals surface area contributed by atoms with E-state index in [1.165, 1.54) is 11.1 Å². The quantitative estimate of drug-likeness (QED) is 0.709. The second-order valence-electron chi connectivity index (χ2n) is 3.18. The van der Waals surface area contributed by atoms with Crippen molar-refractivity contribution < 1.29 is 9.78 Å². The number of nitrogens with one attached hydrogen (secondary N) is 1. The van der Waals surface area contributed by atoms with Gasteiger partial charge >= 0.3 is 0 Å². The van der Waals surface area contributed by atoms with Gasteiger partial charge in [-0.05, 0) is 43.3 Å². The number of likely N-dealkylation sites (N-methyl/N-ethyl adjacent to an activating group) is 1. The van der Waals surface area contributed by atoms with Gasteiger partial charge in [0.15, 0.2) is 5.75 Å². The minimum absolute atomic E-state index is 0.556. The molecule has 1 N–H and O–H groups in total. The minimum Gasteiger partial charge on any atom is -0.337 e. The fourth-order valence-corrected chi connectivity index (χ4v) is 1.44. The molecule has 3 heteroatoms. The summed E-state index contributed by atoms with van der Waals surface area (Å²) in [6.45, 7) is 1.55. The molecule has 70 valence electrons. The van der Waals surface area contributed by atoms with E-state index in [1.807, 2.05) is 19.2 Å². The van der Waals surface area contributed by atoms with E-state index in [-0.39, 0.29) is 0 Å². The first kappa shape index (κ1) is 8.53. The van der Waals surface area contributed by atoms with Gasteiger partial charge < -0.3 is 10.2 Å². The van der Waals surface area contributed by atoms with Gasteiger partial charge in [0.05, 0.1) is 0 Å². The van der Waals surface area contributed by atoms with Crippen LogP contribution < -0.4 is 10.2 Å². The third-order valence-corrected chi connectivity index (χ3v) is 2.07. The molecule has 0 unspecified atom stereocenters. The highest BCUT2D eigenvalue weighted by Gasteiger charge is 2.08. The molecule has 0 aromatic heterocycles. The van der Waals surface area contributed by atoms with Crippen molar-refractivity contribution in [3.05, 3.63) is 29.3 Å². The Morgan fingerprint density at radius 1 is 1.38 bits per heavy atom. The molecular formula is C10H13NO2. The molecule has 3 nitrogen and oxygen atoms in total. The van der Waals surface area contributed by atoms with Crippen LogP contribution in [0.4, 0.5) is 0 Å². The molecular weight excluding hydrogens is 166 g/mol. The molecule has 0 spiro atoms. The third kappa shape index (κ3) is 1.99. The average Bonchev–Trinajstić information content (AvgIpc) is 2.14. The monoisotopic (exact) mass is 179 g/mol. The second-order valence-corrected chi connectivity index (χ2v) is 3.18. The van der Waals surface area contributed by atoms with Crippen molar-refractivity contribution in [2.24, 2.45) is 0 Å². The van der Waals surface area contributed by atoms with E-state index in [0.717, 1.165) is 18.7 Å². The van der Waals surface area contributed by atoms with E-state index >= 15 is 0 Å². The smallest absolute Gasteiger partial charge is 0.166 e. The van der Waals surface area contributed by atoms with Crippen molar-refractivity contribution in [2.45, 2.75) is 13.0 Å². The van der Waals surface area contributed by atoms with Crippen molar-refractivity contribution in [1.82, 2.24) is 5.32 Å². The highest BCUT2D eigenvalue weighted by molar-refractivity contribution is 5.35. The molecule has 1 aliphatic heterocycles. The minimum atomic E-state index is 0.556. The zero-order valence-electron chi connectivity index (χ0n) is 7.67. The van der Waals surface area contributed by atoms with E-state index in [2.05, 4.69) is 11.4 Å². The fourth-order valence-electron chi connectivity index (χ4n) is 1.44. The lowest BCUT2D eigenvalue weighted by atomic mass is 10.1. The van der Waals surface area contributed by atoms with Crippen LogP contribution in [-0.2, 0) is 17.9 Å². The first-order valence-electron chi connectivity index (χ1n) is 4.45. The summed E-state index contributed by atoms with van der Waals surface area (Å²) in [5.41, 5.74) is 2.49. The summed E-state index contributed by atoms with van der Waals surface area (Å²) in [6.07, 6.45) is 1.03. The van der Waals surface area contributed by atoms with Crippen molar-refractivity contribution in [1.29, 1.82) is 0 Å². The summed E-state index contributed by atoms with van der Waals surface area (Å²) in [6, 6.07) is 6.18. The van der Waals surface area contributed by atoms with E-state index in [1.54, 1.807) is 0 Å². The van der Waals surface area contributed by atoms with Gasteiger partial charge in [-0.25, -0.2) is 0 Å². The van der Waals surface area contributed by atoms with Crippen LogP contribution in [0, 0.1) is 0 Å². The van der Waals surface area contributed by atoms with E-state index in [9.17, 15) is 0 Å². The van der Waals surface area contributed by atoms with Crippen molar-refractivity contribution in [2.75, 3.05) is 13.6 Å². The normalized spacial score (nSPS) is 13.9. The molecule has 0 atom stereocenters. The predicted molar refractivity (Wildman–Crippen MR) is 49.5 cm³/mol. The lowest BCUT2D eigenvalue weighted by molar-refractivity contribution is -0.223. The molecule has 13 heavy (non-hydrogen) atoms. The summed E-state index contributed by atoms with van der Waals surface area (Å²) in [4.78, 5) is 9.87. The van der Waals surface area contributed by atoms with Crippen LogP contribution in [0.25, 0.3) is 0 Å². The summed E-state index contributed by atoms with van der Waals surface area (Å²) in [5, 5.41) is 3.12. The van der Waals surface area contributed by atoms with Crippen molar-refractivity contribution >= 4 is 0 Å². The molecule has 1 heterocycles. The van der Waals surface area contributed by atoms with Gasteiger partial charge in [0.1, 0.15) is 6.61 Å². The Morgan fingerprint density at radius 2 is 2.31 bits per heavy atom. The van der Waals surface area contributed by atoms with Gasteiger partial charge in [-0.2, -0.15) is 4.89 Å². The van der Waals surface area contributed by atoms with Gasteiger partial charge in [-0.1, -0.05) is 6.07 Å². The number of rotatable bonds is 3. The Kier molecular flexibility index (Phi) is 2.47. The molecule has 2 bridgehead atoms. The van der Waals surface area contributed by atoms with E-state index in [0.29, 0.717) is 6.61 Å². The number of hydrogen-bond donors (Lipinski definition) is 1. The van der Waals surface area contributed by atoms with E-state index in [4.69, 9.17) is 9.78 Å². The van der Waals surface area contributed by atoms with Gasteiger partial charge in [0, 0.05) is 0 Å². The largest absolute Gasteiger partial charge is 0.337 e. The molecule has 0 amide bonds. The van der Waals surface area contributed by atoms with Crippen molar-refractivity contribution in [3.8, 4) is 5.75 Å². The SMILES string of the molecule is CNCCc1cc2cc(c1)OOC2. The molecule has 0 saturated carbocycles. The maximum absolute atomic E-state index is 4.98. The summed E-state index contributed by atoms with van der Waals surface area (Å²) in [7, 11) is 1.95. The highest BCUT2D eigenvalue weighted by atomic mass is 17.2. The Labute approximate surface area is 77.6 Å². The lowest BCUT2D eigenvalue weighted by Crippen LogP contribution is -2.11. The first-order valence-corrected chi connectivity index (χ1v) is 4.45. The Hall–Kier alpha value is -1.06. The molecule has 0 saturated heterocycles. The predicted octanol–water partition coefficient (Wildman–Crippen LogP) is 1.27. The number of hydrogen-bond acceptors (Lipinski definition) is 3. The molecule has 0 fully saturated rings. The Balaban J connectivity index is 2.15. The highest BCUT2D eigenvalue weighted by Crippen LogP contribution is 2.22. The standard InChI is InChI=1S/C10H13NO2/c1-11-3-2-8-4-9-6-10(5-8)13-12-7-9/h4-6,11H,2-3,7H2,1H3. The zero-order valence-corrected chi connectivity index (χ0v) is 7.67. The molecule has 1 aliphatic rings. The fraction of sp³-hybridized carbons (Fsp3) is 0.400. The van der Waals surface area contributed by atoms with E-state index < -0.39 is 0 Å². The second kappa shape index (κ2) is 3.77. The first-order chi connectivity index (χ1) is 6.38. The van der Waals surface area contributed by atoms with Crippen LogP contribution in [0.15, 0.2) is 18.2 Å². The summed E-state index contributed by atoms with van der Waals surface area (Å²) < 4.78 is 0. The molecule has 1 aromatic carbocycles. The molecule has 0 aliphatic carbocycles. The maximum Gasteiger partial charge on any atom is 0.166 e. The van der Waals surface area contributed by atoms with Crippen LogP contribution in [0.1, 0.15) is 11.1 Å². The lowest BCUT2D eigenvalue weighted by Gasteiger charge is -2.14. The van der Waals surface area contributed by atoms with Gasteiger partial charge in [0.2, 0.25) is 0 Å². The maximum atomic E-state index is 4.98. The number of benzene rings is 1. The van der Waals surface area contributed by atoms with Gasteiger partial charge in [-0.3, -0.25) is 0 Å². The van der Waals surface area contributed by atoms with Gasteiger partial charge in [0.25, 0.3) is 0 Å².